The van der Waals surface area contributed by atoms with Gasteiger partial charge in [0.15, 0.2) is 5.82 Å². The lowest BCUT2D eigenvalue weighted by Gasteiger charge is -2.52. The van der Waals surface area contributed by atoms with Gasteiger partial charge in [0.25, 0.3) is 5.91 Å². The molecule has 0 spiro atoms. The summed E-state index contributed by atoms with van der Waals surface area (Å²) < 4.78 is 65.4. The Labute approximate surface area is 227 Å². The van der Waals surface area contributed by atoms with Crippen LogP contribution in [-0.4, -0.2) is 45.7 Å². The molecule has 6 N–H and O–H groups in total. The van der Waals surface area contributed by atoms with Crippen molar-refractivity contribution in [1.82, 2.24) is 9.88 Å². The molecule has 1 aromatic heterocycles. The van der Waals surface area contributed by atoms with Crippen molar-refractivity contribution in [1.29, 1.82) is 0 Å². The Hall–Kier alpha value is -4.16. The summed E-state index contributed by atoms with van der Waals surface area (Å²) in [5, 5.41) is 21.7. The number of pyridine rings is 1. The van der Waals surface area contributed by atoms with Crippen molar-refractivity contribution in [2.24, 2.45) is 5.73 Å². The van der Waals surface area contributed by atoms with Crippen LogP contribution in [0.3, 0.4) is 0 Å². The van der Waals surface area contributed by atoms with Crippen molar-refractivity contribution in [3.8, 4) is 17.0 Å². The van der Waals surface area contributed by atoms with Crippen LogP contribution in [0.1, 0.15) is 48.0 Å². The minimum Gasteiger partial charge on any atom is -0.495 e. The molecule has 40 heavy (non-hydrogen) atoms. The van der Waals surface area contributed by atoms with Crippen LogP contribution >= 0.6 is 0 Å². The molecule has 1 saturated heterocycles. The molecule has 1 aliphatic heterocycles. The summed E-state index contributed by atoms with van der Waals surface area (Å²) in [5.41, 5.74) is 5.78. The number of allylic oxidation sites excluding steroid dienone is 1. The number of carbonyl (C=O) groups excluding carboxylic acids is 1. The molecule has 0 aliphatic carbocycles. The summed E-state index contributed by atoms with van der Waals surface area (Å²) in [5.74, 6) is -2.76. The Kier molecular flexibility index (Phi) is 7.06. The van der Waals surface area contributed by atoms with Crippen molar-refractivity contribution in [2.75, 3.05) is 19.4 Å². The maximum Gasteiger partial charge on any atom is 0.364 e. The van der Waals surface area contributed by atoms with Crippen molar-refractivity contribution in [2.45, 2.75) is 38.0 Å². The lowest BCUT2D eigenvalue weighted by molar-refractivity contribution is -0.334. The van der Waals surface area contributed by atoms with E-state index in [1.165, 1.54) is 51.3 Å². The number of nitrogens with zero attached hydrogens (tertiary/aromatic N) is 2. The number of benzene rings is 2. The van der Waals surface area contributed by atoms with Crippen LogP contribution in [0.15, 0.2) is 48.2 Å². The first-order valence-corrected chi connectivity index (χ1v) is 12.0. The van der Waals surface area contributed by atoms with E-state index in [1.807, 2.05) is 0 Å². The molecule has 4 rings (SSSR count). The van der Waals surface area contributed by atoms with E-state index in [1.54, 1.807) is 6.92 Å². The predicted octanol–water partition coefficient (Wildman–Crippen LogP) is 4.10. The topological polar surface area (TPSA) is 135 Å². The van der Waals surface area contributed by atoms with Crippen LogP contribution in [0.25, 0.3) is 17.3 Å². The first kappa shape index (κ1) is 28.8. The molecule has 1 aliphatic rings. The Morgan fingerprint density at radius 3 is 2.33 bits per heavy atom. The molecule has 1 fully saturated rings. The highest BCUT2D eigenvalue weighted by molar-refractivity contribution is 5.97. The molecule has 212 valence electrons. The third-order valence-corrected chi connectivity index (χ3v) is 6.65. The van der Waals surface area contributed by atoms with Gasteiger partial charge in [-0.1, -0.05) is 0 Å². The van der Waals surface area contributed by atoms with Gasteiger partial charge in [-0.3, -0.25) is 9.69 Å². The quantitative estimate of drug-likeness (QED) is 0.203. The van der Waals surface area contributed by atoms with E-state index in [2.05, 4.69) is 4.98 Å². The average molecular weight is 561 g/mol. The van der Waals surface area contributed by atoms with Crippen LogP contribution in [0.5, 0.6) is 5.75 Å². The number of carbonyl (C=O) groups is 1. The molecular formula is C28H28F4N4O4. The predicted molar refractivity (Wildman–Crippen MR) is 140 cm³/mol. The number of hydrogen-bond acceptors (Lipinski definition) is 7. The van der Waals surface area contributed by atoms with Crippen molar-refractivity contribution >= 4 is 17.7 Å². The highest BCUT2D eigenvalue weighted by Gasteiger charge is 2.71. The highest BCUT2D eigenvalue weighted by atomic mass is 19.3. The second kappa shape index (κ2) is 9.79. The first-order chi connectivity index (χ1) is 18.5. The van der Waals surface area contributed by atoms with Crippen LogP contribution in [-0.2, 0) is 11.2 Å². The van der Waals surface area contributed by atoms with Crippen molar-refractivity contribution < 1.29 is 37.3 Å². The number of nitrogens with two attached hydrogens (primary N) is 2. The number of hydrogen-bond donors (Lipinski definition) is 4. The van der Waals surface area contributed by atoms with E-state index in [-0.39, 0.29) is 33.0 Å². The Morgan fingerprint density at radius 1 is 1.18 bits per heavy atom. The number of aliphatic hydroxyl groups is 2. The number of aromatic nitrogens is 1. The lowest BCUT2D eigenvalue weighted by Crippen LogP contribution is -2.74. The molecule has 2 aromatic carbocycles. The van der Waals surface area contributed by atoms with Gasteiger partial charge < -0.3 is 26.4 Å². The molecule has 2 heterocycles. The third-order valence-electron chi connectivity index (χ3n) is 6.65. The fraction of sp³-hybridized carbons (Fsp3) is 0.286. The Bertz CT molecular complexity index is 1520. The maximum atomic E-state index is 15.7. The van der Waals surface area contributed by atoms with Gasteiger partial charge in [0.1, 0.15) is 17.3 Å². The van der Waals surface area contributed by atoms with E-state index in [4.69, 9.17) is 16.2 Å². The van der Waals surface area contributed by atoms with E-state index < -0.39 is 58.3 Å². The Balaban J connectivity index is 1.79. The van der Waals surface area contributed by atoms with E-state index in [0.717, 1.165) is 18.2 Å². The molecule has 0 radical (unpaired) electrons. The number of β-amino-alcohol motifs (C(OH)–C–C–N with tert-alkyl or cyclic N) is 1. The summed E-state index contributed by atoms with van der Waals surface area (Å²) >= 11 is 0. The Morgan fingerprint density at radius 2 is 1.80 bits per heavy atom. The minimum atomic E-state index is -4.21. The number of ether oxygens (including phenoxy) is 1. The van der Waals surface area contributed by atoms with E-state index in [0.29, 0.717) is 5.70 Å². The number of anilines is 1. The first-order valence-electron chi connectivity index (χ1n) is 12.0. The van der Waals surface area contributed by atoms with Crippen LogP contribution < -0.4 is 16.2 Å². The molecule has 0 saturated carbocycles. The fourth-order valence-corrected chi connectivity index (χ4v) is 4.44. The van der Waals surface area contributed by atoms with Crippen molar-refractivity contribution in [3.63, 3.8) is 0 Å². The summed E-state index contributed by atoms with van der Waals surface area (Å²) in [6.07, 6.45) is 1.44. The molecule has 1 amide bonds. The number of nitrogen functional groups attached to an aromatic ring is 1. The molecule has 3 aromatic rings. The second-order valence-electron chi connectivity index (χ2n) is 10.1. The van der Waals surface area contributed by atoms with Gasteiger partial charge in [-0.2, -0.15) is 8.78 Å². The lowest BCUT2D eigenvalue weighted by atomic mass is 9.83. The molecule has 1 unspecified atom stereocenters. The smallest absolute Gasteiger partial charge is 0.364 e. The van der Waals surface area contributed by atoms with Crippen LogP contribution in [0.4, 0.5) is 23.2 Å². The average Bonchev–Trinajstić information content (AvgIpc) is 2.87. The number of likely N-dealkylation sites (tertiary alicyclic amines) is 1. The summed E-state index contributed by atoms with van der Waals surface area (Å²) in [6.45, 7) is 3.11. The monoisotopic (exact) mass is 560 g/mol. The summed E-state index contributed by atoms with van der Waals surface area (Å²) in [7, 11) is 1.29. The molecule has 1 atom stereocenters. The molecule has 0 bridgehead atoms. The molecular weight excluding hydrogens is 532 g/mol. The van der Waals surface area contributed by atoms with Crippen LogP contribution in [0, 0.1) is 11.6 Å². The number of alkyl halides is 2. The molecule has 8 nitrogen and oxygen atoms in total. The second-order valence-corrected chi connectivity index (χ2v) is 10.1. The van der Waals surface area contributed by atoms with Gasteiger partial charge in [-0.25, -0.2) is 13.8 Å². The minimum absolute atomic E-state index is 0.0233. The highest BCUT2D eigenvalue weighted by Crippen LogP contribution is 2.51. The molecule has 12 heteroatoms. The van der Waals surface area contributed by atoms with E-state index in [9.17, 15) is 19.4 Å². The number of rotatable bonds is 6. The standard InChI is InChI=1S/C28H28F4N4O4/c1-14(33)9-16-10-17(11-20(40-4)23(16)34)25(37)36-13-27(39,28(36,31)32)21-12-19(26(2,3)38)22(30)24(35-21)15-5-7-18(29)8-6-15/h5-12,38-39H,13,33-34H2,1-4H3/b14-9-. The third kappa shape index (κ3) is 4.73. The van der Waals surface area contributed by atoms with Gasteiger partial charge in [0.05, 0.1) is 30.6 Å². The van der Waals surface area contributed by atoms with Gasteiger partial charge in [0, 0.05) is 28.0 Å². The van der Waals surface area contributed by atoms with Gasteiger partial charge >= 0.3 is 6.05 Å². The normalized spacial score (nSPS) is 18.9. The van der Waals surface area contributed by atoms with Crippen molar-refractivity contribution in [3.05, 3.63) is 82.2 Å². The summed E-state index contributed by atoms with van der Waals surface area (Å²) in [6, 6.07) is 3.48. The zero-order valence-corrected chi connectivity index (χ0v) is 22.1. The SMILES string of the molecule is COc1cc(C(=O)N2CC(O)(c3cc(C(C)(C)O)c(F)c(-c4ccc(F)cc4)n3)C2(F)F)cc(/C=C(/C)N)c1N. The largest absolute Gasteiger partial charge is 0.495 e. The van der Waals surface area contributed by atoms with E-state index >= 15 is 13.2 Å². The fourth-order valence-electron chi connectivity index (χ4n) is 4.44. The number of halogens is 4. The van der Waals surface area contributed by atoms with Gasteiger partial charge in [0.2, 0.25) is 5.60 Å². The van der Waals surface area contributed by atoms with Gasteiger partial charge in [-0.05, 0) is 69.3 Å². The number of methoxy groups -OCH3 is 1. The summed E-state index contributed by atoms with van der Waals surface area (Å²) in [4.78, 5) is 17.3. The van der Waals surface area contributed by atoms with Crippen LogP contribution in [0.2, 0.25) is 0 Å². The maximum absolute atomic E-state index is 15.7. The number of amides is 1. The van der Waals surface area contributed by atoms with Gasteiger partial charge in [-0.15, -0.1) is 0 Å². The zero-order chi connectivity index (χ0) is 29.8. The zero-order valence-electron chi connectivity index (χ0n) is 22.1.